The minimum Gasteiger partial charge on any atom is -0.465 e. The summed E-state index contributed by atoms with van der Waals surface area (Å²) in [6.07, 6.45) is -3.54. The number of rotatable bonds is 2. The number of hydrogen-bond donors (Lipinski definition) is 2. The number of pyridine rings is 1. The van der Waals surface area contributed by atoms with E-state index < -0.39 is 17.8 Å². The minimum absolute atomic E-state index is 0.113. The summed E-state index contributed by atoms with van der Waals surface area (Å²) in [5, 5.41) is 12.5. The molecule has 5 nitrogen and oxygen atoms in total. The Balaban J connectivity index is 1.93. The molecule has 8 heteroatoms. The molecule has 0 aliphatic carbocycles. The Bertz CT molecular complexity index is 748. The molecule has 1 amide bonds. The zero-order valence-electron chi connectivity index (χ0n) is 12.0. The quantitative estimate of drug-likeness (QED) is 0.888. The van der Waals surface area contributed by atoms with E-state index in [1.165, 1.54) is 17.2 Å². The third-order valence-corrected chi connectivity index (χ3v) is 3.89. The summed E-state index contributed by atoms with van der Waals surface area (Å²) in [4.78, 5) is 16.1. The highest BCUT2D eigenvalue weighted by Gasteiger charge is 2.34. The van der Waals surface area contributed by atoms with Gasteiger partial charge in [0, 0.05) is 36.4 Å². The molecule has 23 heavy (non-hydrogen) atoms. The molecule has 0 unspecified atom stereocenters. The van der Waals surface area contributed by atoms with Crippen LogP contribution in [-0.2, 0) is 6.18 Å². The van der Waals surface area contributed by atoms with Gasteiger partial charge in [-0.1, -0.05) is 0 Å². The number of hydrogen-bond acceptors (Lipinski definition) is 3. The summed E-state index contributed by atoms with van der Waals surface area (Å²) in [5.74, 6) is 0. The highest BCUT2D eigenvalue weighted by molar-refractivity contribution is 5.93. The van der Waals surface area contributed by atoms with Crippen molar-refractivity contribution in [1.82, 2.24) is 9.88 Å². The van der Waals surface area contributed by atoms with Crippen LogP contribution in [0.4, 0.5) is 23.7 Å². The number of likely N-dealkylation sites (tertiary alicyclic amines) is 1. The number of aromatic nitrogens is 1. The van der Waals surface area contributed by atoms with E-state index in [-0.39, 0.29) is 11.6 Å². The Morgan fingerprint density at radius 1 is 1.35 bits per heavy atom. The second-order valence-electron chi connectivity index (χ2n) is 5.42. The van der Waals surface area contributed by atoms with Crippen molar-refractivity contribution in [2.24, 2.45) is 0 Å². The zero-order chi connectivity index (χ0) is 16.6. The van der Waals surface area contributed by atoms with Crippen LogP contribution in [-0.4, -0.2) is 40.2 Å². The van der Waals surface area contributed by atoms with E-state index in [4.69, 9.17) is 5.11 Å². The van der Waals surface area contributed by atoms with Gasteiger partial charge in [0.1, 0.15) is 0 Å². The Labute approximate surface area is 129 Å². The second kappa shape index (κ2) is 5.60. The fourth-order valence-corrected chi connectivity index (χ4v) is 2.80. The maximum atomic E-state index is 13.1. The topological polar surface area (TPSA) is 65.5 Å². The van der Waals surface area contributed by atoms with Crippen LogP contribution in [0.5, 0.6) is 0 Å². The van der Waals surface area contributed by atoms with Crippen LogP contribution in [0.25, 0.3) is 10.9 Å². The van der Waals surface area contributed by atoms with E-state index in [9.17, 15) is 18.0 Å². The van der Waals surface area contributed by atoms with Gasteiger partial charge >= 0.3 is 12.3 Å². The number of carboxylic acid groups (broad SMARTS) is 1. The van der Waals surface area contributed by atoms with Gasteiger partial charge in [0.05, 0.1) is 11.1 Å². The zero-order valence-corrected chi connectivity index (χ0v) is 12.0. The lowest BCUT2D eigenvalue weighted by Gasteiger charge is -2.18. The van der Waals surface area contributed by atoms with Gasteiger partial charge in [0.2, 0.25) is 0 Å². The Hall–Kier alpha value is -2.51. The summed E-state index contributed by atoms with van der Waals surface area (Å²) in [7, 11) is 0. The van der Waals surface area contributed by atoms with Crippen molar-refractivity contribution in [1.29, 1.82) is 0 Å². The molecule has 0 bridgehead atoms. The van der Waals surface area contributed by atoms with Crippen LogP contribution in [0, 0.1) is 0 Å². The lowest BCUT2D eigenvalue weighted by atomic mass is 10.1. The van der Waals surface area contributed by atoms with E-state index in [0.717, 1.165) is 6.07 Å². The van der Waals surface area contributed by atoms with Crippen LogP contribution in [0.1, 0.15) is 12.0 Å². The molecule has 3 rings (SSSR count). The molecule has 1 atom stereocenters. The Kier molecular flexibility index (Phi) is 3.75. The summed E-state index contributed by atoms with van der Waals surface area (Å²) in [6.45, 7) is 0.710. The van der Waals surface area contributed by atoms with Gasteiger partial charge in [-0.05, 0) is 30.7 Å². The van der Waals surface area contributed by atoms with Crippen LogP contribution in [0.2, 0.25) is 0 Å². The molecular formula is C15H14F3N3O2. The summed E-state index contributed by atoms with van der Waals surface area (Å²) < 4.78 is 39.2. The van der Waals surface area contributed by atoms with Crippen LogP contribution in [0.15, 0.2) is 30.5 Å². The predicted molar refractivity (Wildman–Crippen MR) is 78.4 cm³/mol. The average Bonchev–Trinajstić information content (AvgIpc) is 2.95. The number of carbonyl (C=O) groups is 1. The normalized spacial score (nSPS) is 18.4. The largest absolute Gasteiger partial charge is 0.465 e. The number of alkyl halides is 3. The number of fused-ring (bicyclic) bond motifs is 1. The molecule has 122 valence electrons. The van der Waals surface area contributed by atoms with E-state index in [2.05, 4.69) is 10.3 Å². The van der Waals surface area contributed by atoms with E-state index in [0.29, 0.717) is 30.6 Å². The second-order valence-corrected chi connectivity index (χ2v) is 5.42. The first kappa shape index (κ1) is 15.4. The van der Waals surface area contributed by atoms with Gasteiger partial charge in [-0.2, -0.15) is 13.2 Å². The molecule has 1 aromatic heterocycles. The van der Waals surface area contributed by atoms with Gasteiger partial charge in [-0.3, -0.25) is 4.98 Å². The molecule has 2 heterocycles. The first-order valence-corrected chi connectivity index (χ1v) is 7.05. The van der Waals surface area contributed by atoms with Crippen molar-refractivity contribution in [2.75, 3.05) is 18.4 Å². The van der Waals surface area contributed by atoms with Crippen LogP contribution < -0.4 is 5.32 Å². The number of halogens is 3. The molecule has 0 spiro atoms. The van der Waals surface area contributed by atoms with Gasteiger partial charge in [-0.15, -0.1) is 0 Å². The van der Waals surface area contributed by atoms with Crippen molar-refractivity contribution >= 4 is 22.7 Å². The Morgan fingerprint density at radius 3 is 2.78 bits per heavy atom. The van der Waals surface area contributed by atoms with Crippen molar-refractivity contribution < 1.29 is 23.1 Å². The Morgan fingerprint density at radius 2 is 2.13 bits per heavy atom. The molecule has 0 saturated carbocycles. The van der Waals surface area contributed by atoms with Gasteiger partial charge in [0.15, 0.2) is 0 Å². The highest BCUT2D eigenvalue weighted by Crippen LogP contribution is 2.36. The summed E-state index contributed by atoms with van der Waals surface area (Å²) in [6, 6.07) is 5.39. The minimum atomic E-state index is -4.47. The van der Waals surface area contributed by atoms with Crippen molar-refractivity contribution in [3.8, 4) is 0 Å². The SMILES string of the molecule is O=C(O)N1CC[C@@H](Nc2ccc(C(F)(F)F)c3ncccc23)C1. The monoisotopic (exact) mass is 325 g/mol. The molecule has 2 N–H and O–H groups in total. The molecule has 1 saturated heterocycles. The fraction of sp³-hybridized carbons (Fsp3) is 0.333. The molecule has 0 radical (unpaired) electrons. The summed E-state index contributed by atoms with van der Waals surface area (Å²) in [5.41, 5.74) is -0.367. The van der Waals surface area contributed by atoms with Crippen LogP contribution >= 0.6 is 0 Å². The standard InChI is InChI=1S/C15H14F3N3O2/c16-15(17,18)11-3-4-12(10-2-1-6-19-13(10)11)20-9-5-7-21(8-9)14(22)23/h1-4,6,9,20H,5,7-8H2,(H,22,23)/t9-/m1/s1. The highest BCUT2D eigenvalue weighted by atomic mass is 19.4. The predicted octanol–water partition coefficient (Wildman–Crippen LogP) is 3.42. The van der Waals surface area contributed by atoms with Crippen molar-refractivity contribution in [2.45, 2.75) is 18.6 Å². The summed E-state index contributed by atoms with van der Waals surface area (Å²) >= 11 is 0. The molecule has 1 aliphatic heterocycles. The number of nitrogens with zero attached hydrogens (tertiary/aromatic N) is 2. The third kappa shape index (κ3) is 3.01. The number of nitrogens with one attached hydrogen (secondary N) is 1. The fourth-order valence-electron chi connectivity index (χ4n) is 2.80. The number of anilines is 1. The number of amides is 1. The molecule has 1 aliphatic rings. The molecule has 1 fully saturated rings. The smallest absolute Gasteiger partial charge is 0.418 e. The lowest BCUT2D eigenvalue weighted by Crippen LogP contribution is -2.30. The number of benzene rings is 1. The first-order chi connectivity index (χ1) is 10.9. The third-order valence-electron chi connectivity index (χ3n) is 3.89. The maximum Gasteiger partial charge on any atom is 0.418 e. The van der Waals surface area contributed by atoms with Gasteiger partial charge in [-0.25, -0.2) is 4.79 Å². The van der Waals surface area contributed by atoms with Crippen molar-refractivity contribution in [3.05, 3.63) is 36.0 Å². The molecule has 2 aromatic rings. The first-order valence-electron chi connectivity index (χ1n) is 7.05. The van der Waals surface area contributed by atoms with E-state index >= 15 is 0 Å². The molecular weight excluding hydrogens is 311 g/mol. The van der Waals surface area contributed by atoms with Crippen molar-refractivity contribution in [3.63, 3.8) is 0 Å². The molecule has 1 aromatic carbocycles. The maximum absolute atomic E-state index is 13.1. The lowest BCUT2D eigenvalue weighted by molar-refractivity contribution is -0.136. The van der Waals surface area contributed by atoms with Crippen LogP contribution in [0.3, 0.4) is 0 Å². The van der Waals surface area contributed by atoms with E-state index in [1.54, 1.807) is 12.1 Å². The average molecular weight is 325 g/mol. The van der Waals surface area contributed by atoms with Gasteiger partial charge in [0.25, 0.3) is 0 Å². The van der Waals surface area contributed by atoms with Gasteiger partial charge < -0.3 is 15.3 Å². The van der Waals surface area contributed by atoms with E-state index in [1.807, 2.05) is 0 Å².